The Morgan fingerprint density at radius 1 is 1.06 bits per heavy atom. The third-order valence-electron chi connectivity index (χ3n) is 7.73. The van der Waals surface area contributed by atoms with Gasteiger partial charge in [0, 0.05) is 50.2 Å². The molecule has 0 radical (unpaired) electrons. The second-order valence-electron chi connectivity index (χ2n) is 10.2. The molecule has 4 heterocycles. The summed E-state index contributed by atoms with van der Waals surface area (Å²) in [5, 5.41) is 26.8. The van der Waals surface area contributed by atoms with E-state index >= 15 is 0 Å². The molecule has 4 aliphatic rings. The molecule has 8 nitrogen and oxygen atoms in total. The SMILES string of the molecule is O=C(C1CC1)N1CCC(O)(CC2CC=NN2c2ccc(-c3nnc4n3CCCC4)cc2)CC1. The number of carbonyl (C=O) groups is 1. The Hall–Kier alpha value is -2.74. The van der Waals surface area contributed by atoms with Crippen molar-refractivity contribution in [1.82, 2.24) is 19.7 Å². The van der Waals surface area contributed by atoms with Gasteiger partial charge in [-0.3, -0.25) is 9.80 Å². The summed E-state index contributed by atoms with van der Waals surface area (Å²) in [6.45, 7) is 2.31. The van der Waals surface area contributed by atoms with Crippen LogP contribution in [0.2, 0.25) is 0 Å². The van der Waals surface area contributed by atoms with E-state index in [-0.39, 0.29) is 17.9 Å². The summed E-state index contributed by atoms with van der Waals surface area (Å²) in [6.07, 6.45) is 10.2. The minimum Gasteiger partial charge on any atom is -0.390 e. The third kappa shape index (κ3) is 4.05. The molecule has 33 heavy (non-hydrogen) atoms. The molecule has 8 heteroatoms. The first-order chi connectivity index (χ1) is 16.1. The van der Waals surface area contributed by atoms with Gasteiger partial charge in [-0.15, -0.1) is 10.2 Å². The summed E-state index contributed by atoms with van der Waals surface area (Å²) in [7, 11) is 0. The Morgan fingerprint density at radius 2 is 1.85 bits per heavy atom. The van der Waals surface area contributed by atoms with Crippen molar-refractivity contribution < 1.29 is 9.90 Å². The summed E-state index contributed by atoms with van der Waals surface area (Å²) >= 11 is 0. The molecule has 1 unspecified atom stereocenters. The van der Waals surface area contributed by atoms with Gasteiger partial charge in [0.2, 0.25) is 5.91 Å². The van der Waals surface area contributed by atoms with E-state index in [1.165, 1.54) is 12.8 Å². The van der Waals surface area contributed by atoms with Gasteiger partial charge in [-0.1, -0.05) is 0 Å². The van der Waals surface area contributed by atoms with Crippen LogP contribution >= 0.6 is 0 Å². The maximum Gasteiger partial charge on any atom is 0.225 e. The first kappa shape index (κ1) is 20.8. The first-order valence-electron chi connectivity index (χ1n) is 12.4. The lowest BCUT2D eigenvalue weighted by molar-refractivity contribution is -0.137. The highest BCUT2D eigenvalue weighted by Gasteiger charge is 2.41. The maximum atomic E-state index is 12.4. The van der Waals surface area contributed by atoms with Gasteiger partial charge in [0.15, 0.2) is 5.82 Å². The number of rotatable bonds is 5. The van der Waals surface area contributed by atoms with Crippen LogP contribution in [0.3, 0.4) is 0 Å². The summed E-state index contributed by atoms with van der Waals surface area (Å²) in [4.78, 5) is 14.3. The molecule has 174 valence electrons. The van der Waals surface area contributed by atoms with Crippen molar-refractivity contribution in [2.24, 2.45) is 11.0 Å². The third-order valence-corrected chi connectivity index (χ3v) is 7.73. The fourth-order valence-corrected chi connectivity index (χ4v) is 5.56. The van der Waals surface area contributed by atoms with Gasteiger partial charge in [0.05, 0.1) is 17.3 Å². The summed E-state index contributed by atoms with van der Waals surface area (Å²) in [5.74, 6) is 2.57. The largest absolute Gasteiger partial charge is 0.390 e. The number of fused-ring (bicyclic) bond motifs is 1. The minimum absolute atomic E-state index is 0.132. The van der Waals surface area contributed by atoms with E-state index in [2.05, 4.69) is 44.1 Å². The number of likely N-dealkylation sites (tertiary alicyclic amines) is 1. The first-order valence-corrected chi connectivity index (χ1v) is 12.4. The number of aryl methyl sites for hydroxylation is 1. The predicted octanol–water partition coefficient (Wildman–Crippen LogP) is 3.00. The molecule has 1 saturated heterocycles. The number of amides is 1. The lowest BCUT2D eigenvalue weighted by Crippen LogP contribution is -2.49. The predicted molar refractivity (Wildman–Crippen MR) is 126 cm³/mol. The zero-order valence-electron chi connectivity index (χ0n) is 19.1. The summed E-state index contributed by atoms with van der Waals surface area (Å²) < 4.78 is 2.24. The normalized spacial score (nSPS) is 24.2. The van der Waals surface area contributed by atoms with Crippen LogP contribution in [-0.2, 0) is 17.8 Å². The number of anilines is 1. The van der Waals surface area contributed by atoms with E-state index in [0.717, 1.165) is 55.1 Å². The fourth-order valence-electron chi connectivity index (χ4n) is 5.56. The van der Waals surface area contributed by atoms with Crippen molar-refractivity contribution in [1.29, 1.82) is 0 Å². The Bertz CT molecular complexity index is 1050. The Kier molecular flexibility index (Phi) is 5.20. The number of aromatic nitrogens is 3. The van der Waals surface area contributed by atoms with Crippen LogP contribution < -0.4 is 5.01 Å². The zero-order chi connectivity index (χ0) is 22.4. The number of nitrogens with zero attached hydrogens (tertiary/aromatic N) is 6. The molecule has 3 aliphatic heterocycles. The maximum absolute atomic E-state index is 12.4. The van der Waals surface area contributed by atoms with Crippen LogP contribution in [0.1, 0.15) is 57.2 Å². The van der Waals surface area contributed by atoms with E-state index in [0.29, 0.717) is 32.4 Å². The van der Waals surface area contributed by atoms with Gasteiger partial charge in [-0.25, -0.2) is 0 Å². The molecular weight excluding hydrogens is 416 g/mol. The number of hydrogen-bond acceptors (Lipinski definition) is 6. The quantitative estimate of drug-likeness (QED) is 0.760. The molecule has 1 aromatic heterocycles. The molecule has 1 aromatic carbocycles. The molecule has 1 amide bonds. The average Bonchev–Trinajstić information content (AvgIpc) is 3.45. The van der Waals surface area contributed by atoms with Crippen molar-refractivity contribution in [2.45, 2.75) is 76.0 Å². The van der Waals surface area contributed by atoms with Crippen LogP contribution in [0.15, 0.2) is 29.4 Å². The molecule has 0 spiro atoms. The van der Waals surface area contributed by atoms with Gasteiger partial charge in [-0.05, 0) is 69.2 Å². The molecule has 6 rings (SSSR count). The van der Waals surface area contributed by atoms with E-state index in [9.17, 15) is 9.90 Å². The second-order valence-corrected chi connectivity index (χ2v) is 10.2. The Balaban J connectivity index is 1.12. The van der Waals surface area contributed by atoms with Crippen molar-refractivity contribution in [3.63, 3.8) is 0 Å². The van der Waals surface area contributed by atoms with Gasteiger partial charge in [0.1, 0.15) is 5.82 Å². The highest BCUT2D eigenvalue weighted by molar-refractivity contribution is 5.81. The smallest absolute Gasteiger partial charge is 0.225 e. The number of hydrazone groups is 1. The van der Waals surface area contributed by atoms with Gasteiger partial charge >= 0.3 is 0 Å². The molecule has 0 bridgehead atoms. The van der Waals surface area contributed by atoms with Gasteiger partial charge in [-0.2, -0.15) is 5.10 Å². The molecule has 1 saturated carbocycles. The van der Waals surface area contributed by atoms with E-state index in [1.807, 2.05) is 16.1 Å². The Labute approximate surface area is 194 Å². The molecule has 1 N–H and O–H groups in total. The molecule has 1 aliphatic carbocycles. The zero-order valence-corrected chi connectivity index (χ0v) is 19.1. The molecule has 2 fully saturated rings. The lowest BCUT2D eigenvalue weighted by atomic mass is 9.84. The van der Waals surface area contributed by atoms with E-state index in [4.69, 9.17) is 0 Å². The lowest BCUT2D eigenvalue weighted by Gasteiger charge is -2.40. The molecule has 2 aromatic rings. The molecular formula is C25H32N6O2. The number of aliphatic hydroxyl groups is 1. The van der Waals surface area contributed by atoms with E-state index < -0.39 is 5.60 Å². The monoisotopic (exact) mass is 448 g/mol. The van der Waals surface area contributed by atoms with Crippen LogP contribution in [0, 0.1) is 5.92 Å². The number of benzene rings is 1. The summed E-state index contributed by atoms with van der Waals surface area (Å²) in [6, 6.07) is 8.52. The standard InChI is InChI=1S/C25H32N6O2/c32-24(19-4-5-19)29-15-11-25(33,12-16-29)17-21-10-13-26-31(21)20-8-6-18(7-9-20)23-28-27-22-3-1-2-14-30(22)23/h6-9,13,19,21,33H,1-5,10-12,14-17H2. The van der Waals surface area contributed by atoms with Crippen LogP contribution in [0.5, 0.6) is 0 Å². The number of hydrogen-bond donors (Lipinski definition) is 1. The second kappa shape index (κ2) is 8.24. The van der Waals surface area contributed by atoms with Gasteiger partial charge in [0.25, 0.3) is 0 Å². The van der Waals surface area contributed by atoms with Crippen molar-refractivity contribution >= 4 is 17.8 Å². The van der Waals surface area contributed by atoms with E-state index in [1.54, 1.807) is 0 Å². The average molecular weight is 449 g/mol. The van der Waals surface area contributed by atoms with Gasteiger partial charge < -0.3 is 14.6 Å². The van der Waals surface area contributed by atoms with Crippen LogP contribution in [-0.4, -0.2) is 61.6 Å². The number of piperidine rings is 1. The van der Waals surface area contributed by atoms with Crippen molar-refractivity contribution in [3.8, 4) is 11.4 Å². The van der Waals surface area contributed by atoms with Crippen LogP contribution in [0.25, 0.3) is 11.4 Å². The highest BCUT2D eigenvalue weighted by atomic mass is 16.3. The summed E-state index contributed by atoms with van der Waals surface area (Å²) in [5.41, 5.74) is 1.36. The van der Waals surface area contributed by atoms with Crippen LogP contribution in [0.4, 0.5) is 5.69 Å². The minimum atomic E-state index is -0.739. The highest BCUT2D eigenvalue weighted by Crippen LogP contribution is 2.36. The topological polar surface area (TPSA) is 86.8 Å². The number of carbonyl (C=O) groups excluding carboxylic acids is 1. The fraction of sp³-hybridized carbons (Fsp3) is 0.600. The Morgan fingerprint density at radius 3 is 2.61 bits per heavy atom. The molecule has 1 atom stereocenters. The van der Waals surface area contributed by atoms with Crippen molar-refractivity contribution in [3.05, 3.63) is 30.1 Å². The van der Waals surface area contributed by atoms with Crippen molar-refractivity contribution in [2.75, 3.05) is 18.1 Å².